The van der Waals surface area contributed by atoms with Crippen LogP contribution in [0.2, 0.25) is 0 Å². The molecular formula is C20H22N6OS. The average Bonchev–Trinajstić information content (AvgIpc) is 2.67. The van der Waals surface area contributed by atoms with Gasteiger partial charge in [-0.1, -0.05) is 72.4 Å². The van der Waals surface area contributed by atoms with E-state index < -0.39 is 5.25 Å². The predicted molar refractivity (Wildman–Crippen MR) is 111 cm³/mol. The Balaban J connectivity index is 1.78. The fourth-order valence-electron chi connectivity index (χ4n) is 2.73. The molecule has 0 aliphatic carbocycles. The molecule has 1 atom stereocenters. The van der Waals surface area contributed by atoms with Gasteiger partial charge in [0, 0.05) is 13.1 Å². The Hall–Kier alpha value is -3.13. The summed E-state index contributed by atoms with van der Waals surface area (Å²) >= 11 is 1.22. The molecule has 144 valence electrons. The number of hydrogen-bond acceptors (Lipinski definition) is 7. The molecule has 0 radical (unpaired) electrons. The van der Waals surface area contributed by atoms with Gasteiger partial charge in [0.05, 0.1) is 5.25 Å². The van der Waals surface area contributed by atoms with Crippen molar-refractivity contribution in [2.75, 3.05) is 11.5 Å². The lowest BCUT2D eigenvalue weighted by Crippen LogP contribution is -2.35. The van der Waals surface area contributed by atoms with Gasteiger partial charge in [-0.3, -0.25) is 4.79 Å². The zero-order valence-electron chi connectivity index (χ0n) is 15.5. The number of hydrogen-bond donors (Lipinski definition) is 2. The second-order valence-corrected chi connectivity index (χ2v) is 7.57. The number of amides is 1. The molecule has 0 saturated heterocycles. The molecule has 8 heteroatoms. The van der Waals surface area contributed by atoms with Crippen LogP contribution in [0.3, 0.4) is 0 Å². The molecule has 0 fully saturated rings. The van der Waals surface area contributed by atoms with Crippen LogP contribution in [0.25, 0.3) is 0 Å². The Morgan fingerprint density at radius 3 is 1.82 bits per heavy atom. The lowest BCUT2D eigenvalue weighted by Gasteiger charge is -2.26. The van der Waals surface area contributed by atoms with Crippen LogP contribution < -0.4 is 11.5 Å². The first-order chi connectivity index (χ1) is 13.5. The van der Waals surface area contributed by atoms with Gasteiger partial charge in [-0.25, -0.2) is 0 Å². The van der Waals surface area contributed by atoms with Gasteiger partial charge in [-0.2, -0.15) is 15.0 Å². The van der Waals surface area contributed by atoms with E-state index in [1.165, 1.54) is 11.8 Å². The van der Waals surface area contributed by atoms with Crippen LogP contribution in [-0.2, 0) is 17.9 Å². The van der Waals surface area contributed by atoms with Crippen molar-refractivity contribution < 1.29 is 4.79 Å². The molecule has 1 amide bonds. The quantitative estimate of drug-likeness (QED) is 0.593. The van der Waals surface area contributed by atoms with Crippen molar-refractivity contribution in [1.29, 1.82) is 0 Å². The van der Waals surface area contributed by atoms with Crippen molar-refractivity contribution in [3.8, 4) is 0 Å². The molecule has 1 aromatic heterocycles. The Morgan fingerprint density at radius 1 is 0.893 bits per heavy atom. The standard InChI is InChI=1S/C20H22N6OS/c1-14(28-20-24-18(21)23-19(22)25-20)17(27)26(12-15-8-4-2-5-9-15)13-16-10-6-3-7-11-16/h2-11,14H,12-13H2,1H3,(H4,21,22,23,24,25)/t14-/m0/s1. The van der Waals surface area contributed by atoms with E-state index in [9.17, 15) is 4.79 Å². The Bertz CT molecular complexity index is 861. The topological polar surface area (TPSA) is 111 Å². The number of carbonyl (C=O) groups is 1. The lowest BCUT2D eigenvalue weighted by atomic mass is 10.1. The summed E-state index contributed by atoms with van der Waals surface area (Å²) < 4.78 is 0. The van der Waals surface area contributed by atoms with E-state index in [0.29, 0.717) is 18.2 Å². The first-order valence-electron chi connectivity index (χ1n) is 8.81. The number of anilines is 2. The number of nitrogens with zero attached hydrogens (tertiary/aromatic N) is 4. The minimum atomic E-state index is -0.409. The van der Waals surface area contributed by atoms with Gasteiger partial charge in [-0.15, -0.1) is 0 Å². The van der Waals surface area contributed by atoms with Crippen molar-refractivity contribution in [1.82, 2.24) is 19.9 Å². The molecule has 0 unspecified atom stereocenters. The number of thioether (sulfide) groups is 1. The number of nitrogens with two attached hydrogens (primary N) is 2. The summed E-state index contributed by atoms with van der Waals surface area (Å²) in [6.07, 6.45) is 0. The second-order valence-electron chi connectivity index (χ2n) is 6.26. The molecule has 1 heterocycles. The van der Waals surface area contributed by atoms with Crippen molar-refractivity contribution in [2.45, 2.75) is 30.4 Å². The van der Waals surface area contributed by atoms with Crippen LogP contribution >= 0.6 is 11.8 Å². The Morgan fingerprint density at radius 2 is 1.36 bits per heavy atom. The molecule has 0 bridgehead atoms. The minimum absolute atomic E-state index is 0.0183. The molecule has 0 aliphatic rings. The van der Waals surface area contributed by atoms with Gasteiger partial charge in [0.2, 0.25) is 17.8 Å². The van der Waals surface area contributed by atoms with Gasteiger partial charge < -0.3 is 16.4 Å². The molecule has 4 N–H and O–H groups in total. The normalized spacial score (nSPS) is 11.8. The van der Waals surface area contributed by atoms with Crippen molar-refractivity contribution >= 4 is 29.6 Å². The summed E-state index contributed by atoms with van der Waals surface area (Å²) in [5.74, 6) is 0.0652. The highest BCUT2D eigenvalue weighted by molar-refractivity contribution is 8.00. The van der Waals surface area contributed by atoms with Gasteiger partial charge in [0.25, 0.3) is 0 Å². The molecule has 7 nitrogen and oxygen atoms in total. The third-order valence-corrected chi connectivity index (χ3v) is 4.97. The summed E-state index contributed by atoms with van der Waals surface area (Å²) in [6, 6.07) is 19.8. The van der Waals surface area contributed by atoms with Crippen LogP contribution in [0.15, 0.2) is 65.8 Å². The molecule has 0 saturated carbocycles. The van der Waals surface area contributed by atoms with Crippen molar-refractivity contribution in [2.24, 2.45) is 0 Å². The monoisotopic (exact) mass is 394 g/mol. The summed E-state index contributed by atoms with van der Waals surface area (Å²) in [4.78, 5) is 26.9. The van der Waals surface area contributed by atoms with Crippen molar-refractivity contribution in [3.63, 3.8) is 0 Å². The van der Waals surface area contributed by atoms with Crippen LogP contribution in [0.5, 0.6) is 0 Å². The van der Waals surface area contributed by atoms with E-state index in [1.807, 2.05) is 72.5 Å². The summed E-state index contributed by atoms with van der Waals surface area (Å²) in [7, 11) is 0. The predicted octanol–water partition coefficient (Wildman–Crippen LogP) is 2.75. The first kappa shape index (κ1) is 19.6. The number of benzene rings is 2. The zero-order chi connectivity index (χ0) is 19.9. The van der Waals surface area contributed by atoms with E-state index in [4.69, 9.17) is 11.5 Å². The van der Waals surface area contributed by atoms with E-state index >= 15 is 0 Å². The van der Waals surface area contributed by atoms with Crippen LogP contribution in [0.1, 0.15) is 18.1 Å². The van der Waals surface area contributed by atoms with Gasteiger partial charge in [-0.05, 0) is 18.1 Å². The van der Waals surface area contributed by atoms with Gasteiger partial charge >= 0.3 is 0 Å². The van der Waals surface area contributed by atoms with Crippen LogP contribution in [0, 0.1) is 0 Å². The Kier molecular flexibility index (Phi) is 6.44. The SMILES string of the molecule is C[C@H](Sc1nc(N)nc(N)n1)C(=O)N(Cc1ccccc1)Cc1ccccc1. The van der Waals surface area contributed by atoms with Crippen molar-refractivity contribution in [3.05, 3.63) is 71.8 Å². The smallest absolute Gasteiger partial charge is 0.236 e. The van der Waals surface area contributed by atoms with E-state index in [1.54, 1.807) is 0 Å². The molecule has 0 aliphatic heterocycles. The van der Waals surface area contributed by atoms with Crippen LogP contribution in [-0.4, -0.2) is 31.0 Å². The average molecular weight is 395 g/mol. The highest BCUT2D eigenvalue weighted by atomic mass is 32.2. The number of nitrogen functional groups attached to an aromatic ring is 2. The number of aromatic nitrogens is 3. The van der Waals surface area contributed by atoms with E-state index in [0.717, 1.165) is 11.1 Å². The maximum atomic E-state index is 13.2. The number of rotatable bonds is 7. The fraction of sp³-hybridized carbons (Fsp3) is 0.200. The fourth-order valence-corrected chi connectivity index (χ4v) is 3.58. The second kappa shape index (κ2) is 9.18. The molecule has 2 aromatic carbocycles. The third-order valence-electron chi connectivity index (χ3n) is 4.02. The summed E-state index contributed by atoms with van der Waals surface area (Å²) in [6.45, 7) is 2.86. The zero-order valence-corrected chi connectivity index (χ0v) is 16.3. The minimum Gasteiger partial charge on any atom is -0.368 e. The molecule has 3 aromatic rings. The summed E-state index contributed by atoms with van der Waals surface area (Å²) in [5, 5.41) is -0.0705. The molecule has 3 rings (SSSR count). The first-order valence-corrected chi connectivity index (χ1v) is 9.69. The molecular weight excluding hydrogens is 372 g/mol. The van der Waals surface area contributed by atoms with Gasteiger partial charge in [0.1, 0.15) is 0 Å². The maximum Gasteiger partial charge on any atom is 0.236 e. The molecule has 28 heavy (non-hydrogen) atoms. The van der Waals surface area contributed by atoms with Gasteiger partial charge in [0.15, 0.2) is 5.16 Å². The third kappa shape index (κ3) is 5.43. The van der Waals surface area contributed by atoms with Crippen LogP contribution in [0.4, 0.5) is 11.9 Å². The largest absolute Gasteiger partial charge is 0.368 e. The Labute approximate surface area is 168 Å². The maximum absolute atomic E-state index is 13.2. The molecule has 0 spiro atoms. The highest BCUT2D eigenvalue weighted by Gasteiger charge is 2.23. The number of carbonyl (C=O) groups excluding carboxylic acids is 1. The highest BCUT2D eigenvalue weighted by Crippen LogP contribution is 2.23. The van der Waals surface area contributed by atoms with E-state index in [2.05, 4.69) is 15.0 Å². The van der Waals surface area contributed by atoms with E-state index in [-0.39, 0.29) is 17.8 Å². The summed E-state index contributed by atoms with van der Waals surface area (Å²) in [5.41, 5.74) is 13.4. The lowest BCUT2D eigenvalue weighted by molar-refractivity contribution is -0.131.